The minimum atomic E-state index is -0.0684. The van der Waals surface area contributed by atoms with Gasteiger partial charge in [0.05, 0.1) is 6.10 Å². The fourth-order valence-electron chi connectivity index (χ4n) is 2.40. The summed E-state index contributed by atoms with van der Waals surface area (Å²) in [5, 5.41) is 0. The lowest BCUT2D eigenvalue weighted by Gasteiger charge is -2.42. The van der Waals surface area contributed by atoms with Crippen LogP contribution in [0.2, 0.25) is 0 Å². The van der Waals surface area contributed by atoms with Crippen LogP contribution in [-0.4, -0.2) is 45.7 Å². The van der Waals surface area contributed by atoms with Crippen molar-refractivity contribution in [1.29, 1.82) is 0 Å². The number of methoxy groups -OCH3 is 3. The molecule has 0 unspecified atom stereocenters. The van der Waals surface area contributed by atoms with Crippen molar-refractivity contribution < 1.29 is 14.2 Å². The third-order valence-corrected chi connectivity index (χ3v) is 3.09. The highest BCUT2D eigenvalue weighted by Crippen LogP contribution is 2.29. The van der Waals surface area contributed by atoms with Crippen LogP contribution >= 0.6 is 0 Å². The Morgan fingerprint density at radius 3 is 1.86 bits per heavy atom. The van der Waals surface area contributed by atoms with E-state index in [-0.39, 0.29) is 24.4 Å². The average Bonchev–Trinajstić information content (AvgIpc) is 2.16. The lowest BCUT2D eigenvalue weighted by atomic mass is 9.80. The van der Waals surface area contributed by atoms with Crippen molar-refractivity contribution in [2.75, 3.05) is 21.3 Å². The zero-order chi connectivity index (χ0) is 10.7. The minimum absolute atomic E-state index is 0.0337. The highest BCUT2D eigenvalue weighted by Gasteiger charge is 2.42. The summed E-state index contributed by atoms with van der Waals surface area (Å²) in [6.45, 7) is 2.13. The van der Waals surface area contributed by atoms with E-state index in [0.29, 0.717) is 5.92 Å². The quantitative estimate of drug-likeness (QED) is 0.721. The molecule has 4 nitrogen and oxygen atoms in total. The largest absolute Gasteiger partial charge is 0.378 e. The molecule has 1 rings (SSSR count). The lowest BCUT2D eigenvalue weighted by molar-refractivity contribution is -0.152. The second-order valence-electron chi connectivity index (χ2n) is 3.98. The Kier molecular flexibility index (Phi) is 4.31. The van der Waals surface area contributed by atoms with Crippen LogP contribution in [0.4, 0.5) is 0 Å². The maximum Gasteiger partial charge on any atom is 0.111 e. The fraction of sp³-hybridized carbons (Fsp3) is 1.00. The fourth-order valence-corrected chi connectivity index (χ4v) is 2.40. The van der Waals surface area contributed by atoms with Crippen molar-refractivity contribution in [3.05, 3.63) is 0 Å². The molecule has 14 heavy (non-hydrogen) atoms. The monoisotopic (exact) mass is 203 g/mol. The molecule has 0 spiro atoms. The Labute approximate surface area is 85.7 Å². The molecule has 0 radical (unpaired) electrons. The molecule has 0 aromatic rings. The summed E-state index contributed by atoms with van der Waals surface area (Å²) >= 11 is 0. The summed E-state index contributed by atoms with van der Waals surface area (Å²) in [6, 6.07) is 0.0337. The van der Waals surface area contributed by atoms with Gasteiger partial charge in [-0.2, -0.15) is 0 Å². The van der Waals surface area contributed by atoms with Crippen molar-refractivity contribution in [2.24, 2.45) is 11.7 Å². The molecule has 0 heterocycles. The zero-order valence-corrected chi connectivity index (χ0v) is 9.40. The molecule has 0 aromatic heterocycles. The number of rotatable bonds is 3. The zero-order valence-electron chi connectivity index (χ0n) is 9.40. The van der Waals surface area contributed by atoms with Gasteiger partial charge in [0.2, 0.25) is 0 Å². The number of hydrogen-bond donors (Lipinski definition) is 1. The molecular weight excluding hydrogens is 182 g/mol. The first-order valence-corrected chi connectivity index (χ1v) is 4.99. The Bertz CT molecular complexity index is 161. The number of nitrogens with two attached hydrogens (primary N) is 1. The molecule has 0 aromatic carbocycles. The SMILES string of the molecule is CO[C@@H]1[C@H](OC)[C@H](C)C[C@H](N)[C@H]1OC. The smallest absolute Gasteiger partial charge is 0.111 e. The second-order valence-corrected chi connectivity index (χ2v) is 3.98. The van der Waals surface area contributed by atoms with Crippen molar-refractivity contribution in [3.63, 3.8) is 0 Å². The summed E-state index contributed by atoms with van der Waals surface area (Å²) < 4.78 is 16.2. The standard InChI is InChI=1S/C10H21NO3/c1-6-5-7(11)9(13-3)10(14-4)8(6)12-2/h6-10H,5,11H2,1-4H3/t6-,7+,8-,9-,10-/m1/s1. The topological polar surface area (TPSA) is 53.7 Å². The lowest BCUT2D eigenvalue weighted by Crippen LogP contribution is -2.58. The van der Waals surface area contributed by atoms with Crippen LogP contribution in [0.15, 0.2) is 0 Å². The van der Waals surface area contributed by atoms with Crippen LogP contribution in [0.3, 0.4) is 0 Å². The summed E-state index contributed by atoms with van der Waals surface area (Å²) in [6.07, 6.45) is 0.853. The van der Waals surface area contributed by atoms with Crippen molar-refractivity contribution in [3.8, 4) is 0 Å². The predicted octanol–water partition coefficient (Wildman–Crippen LogP) is 0.399. The Morgan fingerprint density at radius 1 is 0.929 bits per heavy atom. The number of ether oxygens (including phenoxy) is 3. The molecule has 0 bridgehead atoms. The predicted molar refractivity (Wildman–Crippen MR) is 54.1 cm³/mol. The van der Waals surface area contributed by atoms with E-state index in [1.807, 2.05) is 0 Å². The Morgan fingerprint density at radius 2 is 1.43 bits per heavy atom. The minimum Gasteiger partial charge on any atom is -0.378 e. The summed E-state index contributed by atoms with van der Waals surface area (Å²) in [7, 11) is 5.05. The van der Waals surface area contributed by atoms with Crippen LogP contribution in [0.1, 0.15) is 13.3 Å². The molecular formula is C10H21NO3. The van der Waals surface area contributed by atoms with E-state index in [2.05, 4.69) is 6.92 Å². The summed E-state index contributed by atoms with van der Waals surface area (Å²) in [4.78, 5) is 0. The third kappa shape index (κ3) is 2.08. The molecule has 0 saturated heterocycles. The van der Waals surface area contributed by atoms with Gasteiger partial charge in [-0.1, -0.05) is 6.92 Å². The number of hydrogen-bond acceptors (Lipinski definition) is 4. The maximum atomic E-state index is 6.00. The van der Waals surface area contributed by atoms with Gasteiger partial charge in [-0.25, -0.2) is 0 Å². The van der Waals surface area contributed by atoms with Crippen LogP contribution in [-0.2, 0) is 14.2 Å². The van der Waals surface area contributed by atoms with Crippen molar-refractivity contribution in [2.45, 2.75) is 37.7 Å². The van der Waals surface area contributed by atoms with Crippen molar-refractivity contribution >= 4 is 0 Å². The van der Waals surface area contributed by atoms with E-state index in [1.165, 1.54) is 0 Å². The molecule has 0 amide bonds. The van der Waals surface area contributed by atoms with Crippen molar-refractivity contribution in [1.82, 2.24) is 0 Å². The first kappa shape index (κ1) is 11.9. The Balaban J connectivity index is 2.76. The molecule has 1 aliphatic rings. The van der Waals surface area contributed by atoms with E-state index < -0.39 is 0 Å². The second kappa shape index (κ2) is 5.07. The highest BCUT2D eigenvalue weighted by atomic mass is 16.6. The van der Waals surface area contributed by atoms with Crippen LogP contribution in [0.25, 0.3) is 0 Å². The van der Waals surface area contributed by atoms with Gasteiger partial charge in [-0.05, 0) is 12.3 Å². The van der Waals surface area contributed by atoms with Gasteiger partial charge in [0, 0.05) is 27.4 Å². The van der Waals surface area contributed by atoms with E-state index in [0.717, 1.165) is 6.42 Å². The van der Waals surface area contributed by atoms with Gasteiger partial charge in [0.15, 0.2) is 0 Å². The van der Waals surface area contributed by atoms with Crippen LogP contribution in [0.5, 0.6) is 0 Å². The normalized spacial score (nSPS) is 43.9. The van der Waals surface area contributed by atoms with E-state index in [9.17, 15) is 0 Å². The Hall–Kier alpha value is -0.160. The maximum absolute atomic E-state index is 6.00. The molecule has 1 saturated carbocycles. The van der Waals surface area contributed by atoms with E-state index in [4.69, 9.17) is 19.9 Å². The summed E-state index contributed by atoms with van der Waals surface area (Å²) in [5.41, 5.74) is 6.00. The molecule has 1 fully saturated rings. The third-order valence-electron chi connectivity index (χ3n) is 3.09. The molecule has 0 aliphatic heterocycles. The van der Waals surface area contributed by atoms with Gasteiger partial charge < -0.3 is 19.9 Å². The highest BCUT2D eigenvalue weighted by molar-refractivity contribution is 4.95. The first-order chi connectivity index (χ1) is 6.65. The average molecular weight is 203 g/mol. The van der Waals surface area contributed by atoms with E-state index >= 15 is 0 Å². The first-order valence-electron chi connectivity index (χ1n) is 4.99. The van der Waals surface area contributed by atoms with Gasteiger partial charge in [-0.15, -0.1) is 0 Å². The van der Waals surface area contributed by atoms with Crippen LogP contribution < -0.4 is 5.73 Å². The molecule has 2 N–H and O–H groups in total. The van der Waals surface area contributed by atoms with E-state index in [1.54, 1.807) is 21.3 Å². The summed E-state index contributed by atoms with van der Waals surface area (Å²) in [5.74, 6) is 0.409. The molecule has 4 heteroatoms. The van der Waals surface area contributed by atoms with Gasteiger partial charge in [-0.3, -0.25) is 0 Å². The molecule has 1 aliphatic carbocycles. The van der Waals surface area contributed by atoms with Gasteiger partial charge in [0.25, 0.3) is 0 Å². The molecule has 5 atom stereocenters. The van der Waals surface area contributed by atoms with Gasteiger partial charge >= 0.3 is 0 Å². The van der Waals surface area contributed by atoms with Gasteiger partial charge in [0.1, 0.15) is 12.2 Å². The van der Waals surface area contributed by atoms with Crippen LogP contribution in [0, 0.1) is 5.92 Å². The molecule has 84 valence electrons.